The number of anilines is 2. The first kappa shape index (κ1) is 20.2. The molecule has 4 rings (SSSR count). The zero-order chi connectivity index (χ0) is 21.6. The van der Waals surface area contributed by atoms with Gasteiger partial charge in [0.15, 0.2) is 0 Å². The number of benzene rings is 2. The molecule has 2 unspecified atom stereocenters. The van der Waals surface area contributed by atoms with Crippen LogP contribution in [-0.2, 0) is 11.2 Å². The van der Waals surface area contributed by atoms with E-state index in [1.165, 1.54) is 0 Å². The number of para-hydroxylation sites is 1. The lowest BCUT2D eigenvalue weighted by atomic mass is 9.91. The third-order valence-electron chi connectivity index (χ3n) is 6.16. The molecule has 5 heteroatoms. The van der Waals surface area contributed by atoms with Crippen molar-refractivity contribution in [1.29, 1.82) is 0 Å². The number of aromatic carboxylic acids is 1. The normalized spacial score (nSPS) is 21.9. The summed E-state index contributed by atoms with van der Waals surface area (Å²) in [5.74, 6) is -0.907. The zero-order valence-electron chi connectivity index (χ0n) is 17.9. The summed E-state index contributed by atoms with van der Waals surface area (Å²) in [4.78, 5) is 16.0. The van der Waals surface area contributed by atoms with Crippen molar-refractivity contribution in [2.24, 2.45) is 0 Å². The highest BCUT2D eigenvalue weighted by Gasteiger charge is 2.52. The highest BCUT2D eigenvalue weighted by Crippen LogP contribution is 2.47. The maximum atomic E-state index is 11.8. The average Bonchev–Trinajstić information content (AvgIpc) is 3.20. The molecule has 0 aliphatic carbocycles. The van der Waals surface area contributed by atoms with Crippen LogP contribution in [0.2, 0.25) is 0 Å². The SMILES string of the molecule is C=CC(=CC1OC2Cc3cccc(C(=O)O)c3N2C1(C)C)c1ccc(N(C)C)cc1. The number of nitrogens with zero attached hydrogens (tertiary/aromatic N) is 2. The van der Waals surface area contributed by atoms with Gasteiger partial charge in [-0.3, -0.25) is 0 Å². The molecule has 2 aromatic carbocycles. The summed E-state index contributed by atoms with van der Waals surface area (Å²) in [5.41, 5.74) is 4.96. The number of hydrogen-bond donors (Lipinski definition) is 1. The van der Waals surface area contributed by atoms with Gasteiger partial charge in [0.1, 0.15) is 12.3 Å². The van der Waals surface area contributed by atoms with Crippen LogP contribution in [0.1, 0.15) is 35.3 Å². The van der Waals surface area contributed by atoms with Crippen molar-refractivity contribution >= 4 is 22.9 Å². The van der Waals surface area contributed by atoms with E-state index in [1.807, 2.05) is 32.3 Å². The minimum absolute atomic E-state index is 0.168. The Morgan fingerprint density at radius 2 is 1.93 bits per heavy atom. The largest absolute Gasteiger partial charge is 0.478 e. The van der Waals surface area contributed by atoms with Gasteiger partial charge in [-0.25, -0.2) is 4.79 Å². The summed E-state index contributed by atoms with van der Waals surface area (Å²) >= 11 is 0. The Morgan fingerprint density at radius 1 is 1.23 bits per heavy atom. The summed E-state index contributed by atoms with van der Waals surface area (Å²) in [6.07, 6.45) is 4.28. The van der Waals surface area contributed by atoms with Crippen LogP contribution < -0.4 is 9.80 Å². The quantitative estimate of drug-likeness (QED) is 0.739. The number of carbonyl (C=O) groups is 1. The highest BCUT2D eigenvalue weighted by atomic mass is 16.5. The molecule has 1 N–H and O–H groups in total. The van der Waals surface area contributed by atoms with Crippen molar-refractivity contribution in [1.82, 2.24) is 0 Å². The van der Waals surface area contributed by atoms with E-state index < -0.39 is 11.5 Å². The molecule has 2 aromatic rings. The van der Waals surface area contributed by atoms with Gasteiger partial charge in [-0.15, -0.1) is 0 Å². The predicted molar refractivity (Wildman–Crippen MR) is 121 cm³/mol. The van der Waals surface area contributed by atoms with Gasteiger partial charge in [0.2, 0.25) is 0 Å². The Morgan fingerprint density at radius 3 is 2.53 bits per heavy atom. The van der Waals surface area contributed by atoms with Crippen LogP contribution in [0.25, 0.3) is 5.57 Å². The number of fused-ring (bicyclic) bond motifs is 3. The summed E-state index contributed by atoms with van der Waals surface area (Å²) < 4.78 is 6.43. The molecule has 0 amide bonds. The van der Waals surface area contributed by atoms with Gasteiger partial charge in [0.05, 0.1) is 16.8 Å². The molecular weight excluding hydrogens is 376 g/mol. The lowest BCUT2D eigenvalue weighted by Crippen LogP contribution is -2.46. The number of hydrogen-bond acceptors (Lipinski definition) is 4. The van der Waals surface area contributed by atoms with Gasteiger partial charge in [-0.2, -0.15) is 0 Å². The summed E-state index contributed by atoms with van der Waals surface area (Å²) in [6, 6.07) is 13.8. The van der Waals surface area contributed by atoms with Crippen LogP contribution in [0.5, 0.6) is 0 Å². The molecule has 156 valence electrons. The fourth-order valence-electron chi connectivity index (χ4n) is 4.52. The van der Waals surface area contributed by atoms with Gasteiger partial charge in [0, 0.05) is 26.2 Å². The lowest BCUT2D eigenvalue weighted by Gasteiger charge is -2.35. The summed E-state index contributed by atoms with van der Waals surface area (Å²) in [7, 11) is 4.04. The van der Waals surface area contributed by atoms with Gasteiger partial charge in [0.25, 0.3) is 0 Å². The third-order valence-corrected chi connectivity index (χ3v) is 6.16. The smallest absolute Gasteiger partial charge is 0.337 e. The van der Waals surface area contributed by atoms with Crippen LogP contribution in [0.3, 0.4) is 0 Å². The molecule has 0 bridgehead atoms. The lowest BCUT2D eigenvalue weighted by molar-refractivity contribution is 0.0651. The van der Waals surface area contributed by atoms with Crippen LogP contribution in [0.4, 0.5) is 11.4 Å². The van der Waals surface area contributed by atoms with Crippen LogP contribution in [0.15, 0.2) is 61.2 Å². The van der Waals surface area contributed by atoms with Crippen molar-refractivity contribution in [3.63, 3.8) is 0 Å². The molecular formula is C25H28N2O3. The molecule has 0 radical (unpaired) electrons. The number of carboxylic acid groups (broad SMARTS) is 1. The number of ether oxygens (including phenoxy) is 1. The molecule has 30 heavy (non-hydrogen) atoms. The number of rotatable bonds is 5. The zero-order valence-corrected chi connectivity index (χ0v) is 17.9. The van der Waals surface area contributed by atoms with Crippen molar-refractivity contribution in [3.05, 3.63) is 77.9 Å². The van der Waals surface area contributed by atoms with E-state index in [0.717, 1.165) is 28.1 Å². The van der Waals surface area contributed by atoms with Crippen molar-refractivity contribution in [2.75, 3.05) is 23.9 Å². The number of carboxylic acids is 1. The molecule has 0 saturated carbocycles. The standard InChI is InChI=1S/C25H28N2O3/c1-6-16(17-10-12-19(13-11-17)26(4)5)14-21-25(2,3)27-22(30-21)15-18-8-7-9-20(23(18)27)24(28)29/h6-14,21-22H,1,15H2,2-5H3,(H,28,29). The number of allylic oxidation sites excluding steroid dienone is 2. The topological polar surface area (TPSA) is 53.0 Å². The second kappa shape index (κ2) is 7.33. The van der Waals surface area contributed by atoms with Gasteiger partial charge >= 0.3 is 5.97 Å². The Labute approximate surface area is 177 Å². The second-order valence-corrected chi connectivity index (χ2v) is 8.63. The van der Waals surface area contributed by atoms with Gasteiger partial charge in [-0.05, 0) is 54.8 Å². The van der Waals surface area contributed by atoms with Crippen molar-refractivity contribution in [2.45, 2.75) is 38.1 Å². The van der Waals surface area contributed by atoms with Crippen molar-refractivity contribution in [3.8, 4) is 0 Å². The maximum Gasteiger partial charge on any atom is 0.337 e. The fourth-order valence-corrected chi connectivity index (χ4v) is 4.52. The summed E-state index contributed by atoms with van der Waals surface area (Å²) in [5, 5.41) is 9.70. The molecule has 2 aliphatic heterocycles. The molecule has 0 spiro atoms. The monoisotopic (exact) mass is 404 g/mol. The molecule has 0 aromatic heterocycles. The molecule has 1 fully saturated rings. The van der Waals surface area contributed by atoms with E-state index in [1.54, 1.807) is 6.07 Å². The molecule has 5 nitrogen and oxygen atoms in total. The Hall–Kier alpha value is -3.05. The van der Waals surface area contributed by atoms with Crippen molar-refractivity contribution < 1.29 is 14.6 Å². The first-order valence-electron chi connectivity index (χ1n) is 10.2. The molecule has 1 saturated heterocycles. The Balaban J connectivity index is 1.69. The van der Waals surface area contributed by atoms with E-state index in [-0.39, 0.29) is 12.3 Å². The van der Waals surface area contributed by atoms with Crippen LogP contribution >= 0.6 is 0 Å². The first-order chi connectivity index (χ1) is 14.2. The van der Waals surface area contributed by atoms with E-state index in [2.05, 4.69) is 60.6 Å². The molecule has 2 atom stereocenters. The van der Waals surface area contributed by atoms with E-state index in [0.29, 0.717) is 12.0 Å². The van der Waals surface area contributed by atoms with E-state index >= 15 is 0 Å². The molecule has 2 heterocycles. The van der Waals surface area contributed by atoms with Gasteiger partial charge < -0.3 is 19.6 Å². The fraction of sp³-hybridized carbons (Fsp3) is 0.320. The van der Waals surface area contributed by atoms with Gasteiger partial charge in [-0.1, -0.05) is 36.9 Å². The second-order valence-electron chi connectivity index (χ2n) is 8.63. The van der Waals surface area contributed by atoms with Crippen LogP contribution in [0, 0.1) is 0 Å². The van der Waals surface area contributed by atoms with Crippen LogP contribution in [-0.4, -0.2) is 43.0 Å². The minimum atomic E-state index is -0.907. The predicted octanol–water partition coefficient (Wildman–Crippen LogP) is 4.59. The van der Waals surface area contributed by atoms with E-state index in [4.69, 9.17) is 4.74 Å². The minimum Gasteiger partial charge on any atom is -0.478 e. The summed E-state index contributed by atoms with van der Waals surface area (Å²) in [6.45, 7) is 8.22. The average molecular weight is 405 g/mol. The third kappa shape index (κ3) is 3.19. The molecule has 2 aliphatic rings. The first-order valence-corrected chi connectivity index (χ1v) is 10.2. The Bertz CT molecular complexity index is 1020. The van der Waals surface area contributed by atoms with E-state index in [9.17, 15) is 9.90 Å². The highest BCUT2D eigenvalue weighted by molar-refractivity contribution is 5.96. The maximum absolute atomic E-state index is 11.8. The Kier molecular flexibility index (Phi) is 4.94.